The van der Waals surface area contributed by atoms with Crippen LogP contribution in [0, 0.1) is 0 Å². The van der Waals surface area contributed by atoms with Crippen molar-refractivity contribution in [3.05, 3.63) is 42.5 Å². The van der Waals surface area contributed by atoms with Crippen LogP contribution >= 0.6 is 0 Å². The Labute approximate surface area is 122 Å². The molecule has 0 aliphatic heterocycles. The van der Waals surface area contributed by atoms with Crippen molar-refractivity contribution in [3.63, 3.8) is 0 Å². The van der Waals surface area contributed by atoms with Gasteiger partial charge in [-0.15, -0.1) is 0 Å². The van der Waals surface area contributed by atoms with E-state index in [0.29, 0.717) is 5.75 Å². The van der Waals surface area contributed by atoms with E-state index in [1.807, 2.05) is 36.4 Å². The standard InChI is InChI=1S/C10H8O.2Na.2H/c11-10-7-3-5-8-4-1-2-6-9(8)10;;;;/h1-7,11H;;;;. The van der Waals surface area contributed by atoms with Gasteiger partial charge in [0.2, 0.25) is 0 Å². The summed E-state index contributed by atoms with van der Waals surface area (Å²) < 4.78 is 0. The molecule has 0 aliphatic rings. The van der Waals surface area contributed by atoms with Crippen LogP contribution in [0.3, 0.4) is 0 Å². The molecule has 0 aromatic heterocycles. The van der Waals surface area contributed by atoms with Gasteiger partial charge in [-0.1, -0.05) is 36.4 Å². The summed E-state index contributed by atoms with van der Waals surface area (Å²) in [6.45, 7) is 0. The Morgan fingerprint density at radius 3 is 2.08 bits per heavy atom. The molecule has 0 saturated carbocycles. The molecule has 0 unspecified atom stereocenters. The van der Waals surface area contributed by atoms with Gasteiger partial charge in [0.05, 0.1) is 0 Å². The Bertz CT molecular complexity index is 382. The summed E-state index contributed by atoms with van der Waals surface area (Å²) in [5, 5.41) is 11.4. The molecule has 2 rings (SSSR count). The molecule has 2 aromatic carbocycles. The van der Waals surface area contributed by atoms with Crippen LogP contribution in [-0.2, 0) is 0 Å². The van der Waals surface area contributed by atoms with Gasteiger partial charge >= 0.3 is 59.1 Å². The molecular weight excluding hydrogens is 182 g/mol. The molecule has 0 fully saturated rings. The summed E-state index contributed by atoms with van der Waals surface area (Å²) in [6.07, 6.45) is 0. The number of aromatic hydroxyl groups is 1. The zero-order valence-electron chi connectivity index (χ0n) is 5.99. The quantitative estimate of drug-likeness (QED) is 0.623. The van der Waals surface area contributed by atoms with Crippen molar-refractivity contribution in [3.8, 4) is 5.75 Å². The maximum atomic E-state index is 9.37. The average molecular weight is 192 g/mol. The fourth-order valence-corrected chi connectivity index (χ4v) is 1.21. The first-order valence-corrected chi connectivity index (χ1v) is 3.54. The van der Waals surface area contributed by atoms with Gasteiger partial charge in [-0.05, 0) is 11.5 Å². The number of rotatable bonds is 0. The normalized spacial score (nSPS) is 8.62. The van der Waals surface area contributed by atoms with E-state index in [0.717, 1.165) is 10.8 Å². The van der Waals surface area contributed by atoms with E-state index >= 15 is 0 Å². The Kier molecular flexibility index (Phi) is 6.31. The van der Waals surface area contributed by atoms with Gasteiger partial charge in [-0.2, -0.15) is 0 Å². The van der Waals surface area contributed by atoms with Gasteiger partial charge in [0.15, 0.2) is 0 Å². The predicted molar refractivity (Wildman–Crippen MR) is 59.9 cm³/mol. The van der Waals surface area contributed by atoms with E-state index in [2.05, 4.69) is 0 Å². The summed E-state index contributed by atoms with van der Waals surface area (Å²) in [5.74, 6) is 0.350. The van der Waals surface area contributed by atoms with Gasteiger partial charge in [-0.25, -0.2) is 0 Å². The molecule has 1 N–H and O–H groups in total. The second-order valence-corrected chi connectivity index (χ2v) is 2.50. The topological polar surface area (TPSA) is 20.2 Å². The average Bonchev–Trinajstić information content (AvgIpc) is 2.06. The van der Waals surface area contributed by atoms with Gasteiger partial charge in [0.25, 0.3) is 0 Å². The van der Waals surface area contributed by atoms with Gasteiger partial charge in [0.1, 0.15) is 5.75 Å². The Morgan fingerprint density at radius 2 is 1.38 bits per heavy atom. The fraction of sp³-hybridized carbons (Fsp3) is 0. The van der Waals surface area contributed by atoms with Crippen molar-refractivity contribution in [2.24, 2.45) is 0 Å². The second kappa shape index (κ2) is 6.07. The van der Waals surface area contributed by atoms with E-state index < -0.39 is 0 Å². The molecule has 0 radical (unpaired) electrons. The Hall–Kier alpha value is 0.500. The van der Waals surface area contributed by atoms with Crippen molar-refractivity contribution in [2.45, 2.75) is 0 Å². The molecule has 0 saturated heterocycles. The Morgan fingerprint density at radius 1 is 0.769 bits per heavy atom. The van der Waals surface area contributed by atoms with Crippen LogP contribution in [0.5, 0.6) is 5.75 Å². The first kappa shape index (κ1) is 13.5. The zero-order valence-corrected chi connectivity index (χ0v) is 5.99. The number of phenolic OH excluding ortho intramolecular Hbond substituents is 1. The SMILES string of the molecule is Oc1cccc2ccccc12.[NaH].[NaH]. The summed E-state index contributed by atoms with van der Waals surface area (Å²) in [4.78, 5) is 0. The van der Waals surface area contributed by atoms with Crippen LogP contribution in [0.4, 0.5) is 0 Å². The summed E-state index contributed by atoms with van der Waals surface area (Å²) in [7, 11) is 0. The minimum absolute atomic E-state index is 0. The molecule has 13 heavy (non-hydrogen) atoms. The number of hydrogen-bond acceptors (Lipinski definition) is 1. The third-order valence-corrected chi connectivity index (χ3v) is 1.77. The third-order valence-electron chi connectivity index (χ3n) is 1.77. The number of benzene rings is 2. The monoisotopic (exact) mass is 192 g/mol. The first-order valence-electron chi connectivity index (χ1n) is 3.54. The molecule has 0 spiro atoms. The van der Waals surface area contributed by atoms with Gasteiger partial charge in [-0.3, -0.25) is 0 Å². The van der Waals surface area contributed by atoms with Gasteiger partial charge in [0, 0.05) is 5.39 Å². The number of fused-ring (bicyclic) bond motifs is 1. The molecule has 2 aromatic rings. The van der Waals surface area contributed by atoms with E-state index in [9.17, 15) is 5.11 Å². The maximum absolute atomic E-state index is 9.37. The summed E-state index contributed by atoms with van der Waals surface area (Å²) in [5.41, 5.74) is 0. The molecule has 0 heterocycles. The van der Waals surface area contributed by atoms with E-state index in [1.165, 1.54) is 0 Å². The third kappa shape index (κ3) is 2.98. The Balaban J connectivity index is 0.000000720. The van der Waals surface area contributed by atoms with Crippen molar-refractivity contribution in [1.82, 2.24) is 0 Å². The molecule has 0 atom stereocenters. The molecular formula is C10H10Na2O. The van der Waals surface area contributed by atoms with Crippen LogP contribution in [0.15, 0.2) is 42.5 Å². The number of hydrogen-bond donors (Lipinski definition) is 1. The van der Waals surface area contributed by atoms with Crippen molar-refractivity contribution < 1.29 is 5.11 Å². The summed E-state index contributed by atoms with van der Waals surface area (Å²) in [6, 6.07) is 13.3. The zero-order chi connectivity index (χ0) is 7.68. The first-order chi connectivity index (χ1) is 5.38. The van der Waals surface area contributed by atoms with E-state index in [1.54, 1.807) is 6.07 Å². The minimum atomic E-state index is 0. The number of phenols is 1. The molecule has 3 heteroatoms. The fourth-order valence-electron chi connectivity index (χ4n) is 1.21. The van der Waals surface area contributed by atoms with Crippen LogP contribution in [0.2, 0.25) is 0 Å². The van der Waals surface area contributed by atoms with E-state index in [4.69, 9.17) is 0 Å². The van der Waals surface area contributed by atoms with Crippen molar-refractivity contribution >= 4 is 69.9 Å². The summed E-state index contributed by atoms with van der Waals surface area (Å²) >= 11 is 0. The van der Waals surface area contributed by atoms with Crippen molar-refractivity contribution in [1.29, 1.82) is 0 Å². The molecule has 1 nitrogen and oxygen atoms in total. The van der Waals surface area contributed by atoms with E-state index in [-0.39, 0.29) is 59.1 Å². The second-order valence-electron chi connectivity index (χ2n) is 2.50. The van der Waals surface area contributed by atoms with Crippen LogP contribution in [-0.4, -0.2) is 64.2 Å². The van der Waals surface area contributed by atoms with Crippen LogP contribution in [0.25, 0.3) is 10.8 Å². The van der Waals surface area contributed by atoms with Crippen molar-refractivity contribution in [2.75, 3.05) is 0 Å². The molecule has 0 amide bonds. The molecule has 0 aliphatic carbocycles. The van der Waals surface area contributed by atoms with Crippen LogP contribution in [0.1, 0.15) is 0 Å². The molecule has 0 bridgehead atoms. The molecule has 58 valence electrons. The van der Waals surface area contributed by atoms with Crippen LogP contribution < -0.4 is 0 Å². The van der Waals surface area contributed by atoms with Gasteiger partial charge < -0.3 is 5.11 Å². The predicted octanol–water partition coefficient (Wildman–Crippen LogP) is 1.25.